The van der Waals surface area contributed by atoms with Gasteiger partial charge in [-0.1, -0.05) is 12.1 Å². The predicted molar refractivity (Wildman–Crippen MR) is 95.1 cm³/mol. The Morgan fingerprint density at radius 1 is 1.20 bits per heavy atom. The lowest BCUT2D eigenvalue weighted by Gasteiger charge is -2.10. The van der Waals surface area contributed by atoms with Crippen molar-refractivity contribution in [2.75, 3.05) is 26.0 Å². The summed E-state index contributed by atoms with van der Waals surface area (Å²) in [5.74, 6) is -0.321. The molecule has 25 heavy (non-hydrogen) atoms. The highest BCUT2D eigenvalue weighted by molar-refractivity contribution is 6.04. The maximum atomic E-state index is 11.9. The molecule has 0 saturated carbocycles. The van der Waals surface area contributed by atoms with Crippen molar-refractivity contribution in [3.63, 3.8) is 0 Å². The molecule has 1 heterocycles. The summed E-state index contributed by atoms with van der Waals surface area (Å²) in [6.07, 6.45) is 0. The van der Waals surface area contributed by atoms with Crippen molar-refractivity contribution < 1.29 is 14.0 Å². The maximum absolute atomic E-state index is 11.9. The Balaban J connectivity index is 1.93. The number of nitrogens with two attached hydrogens (primary N) is 1. The fourth-order valence-electron chi connectivity index (χ4n) is 2.49. The van der Waals surface area contributed by atoms with E-state index in [1.807, 2.05) is 20.2 Å². The van der Waals surface area contributed by atoms with Crippen LogP contribution in [0.4, 0.5) is 5.69 Å². The van der Waals surface area contributed by atoms with Crippen molar-refractivity contribution in [1.29, 1.82) is 0 Å². The second-order valence-electron chi connectivity index (χ2n) is 5.90. The lowest BCUT2D eigenvalue weighted by atomic mass is 10.2. The smallest absolute Gasteiger partial charge is 0.251 e. The third-order valence-electron chi connectivity index (χ3n) is 3.54. The van der Waals surface area contributed by atoms with Crippen LogP contribution in [0.3, 0.4) is 0 Å². The van der Waals surface area contributed by atoms with E-state index in [1.54, 1.807) is 41.3 Å². The summed E-state index contributed by atoms with van der Waals surface area (Å²) in [4.78, 5) is 29.6. The molecule has 0 radical (unpaired) electrons. The molecule has 2 amide bonds. The molecule has 3 aromatic rings. The van der Waals surface area contributed by atoms with E-state index in [9.17, 15) is 9.59 Å². The fourth-order valence-corrected chi connectivity index (χ4v) is 2.49. The van der Waals surface area contributed by atoms with Crippen LogP contribution < -0.4 is 11.1 Å². The summed E-state index contributed by atoms with van der Waals surface area (Å²) >= 11 is 0. The second kappa shape index (κ2) is 6.74. The Morgan fingerprint density at radius 3 is 2.68 bits per heavy atom. The van der Waals surface area contributed by atoms with Gasteiger partial charge in [0.05, 0.1) is 12.1 Å². The summed E-state index contributed by atoms with van der Waals surface area (Å²) in [6.45, 7) is 0.287. The first kappa shape index (κ1) is 16.7. The summed E-state index contributed by atoms with van der Waals surface area (Å²) in [5, 5.41) is 2.82. The number of rotatable bonds is 5. The number of fused-ring (bicyclic) bond motifs is 1. The number of oxazole rings is 1. The number of hydrogen-bond acceptors (Lipinski definition) is 5. The third-order valence-corrected chi connectivity index (χ3v) is 3.54. The Morgan fingerprint density at radius 2 is 1.96 bits per heavy atom. The van der Waals surface area contributed by atoms with E-state index in [0.29, 0.717) is 33.8 Å². The lowest BCUT2D eigenvalue weighted by molar-refractivity contribution is -0.116. The van der Waals surface area contributed by atoms with Gasteiger partial charge in [0, 0.05) is 11.3 Å². The Bertz CT molecular complexity index is 946. The van der Waals surface area contributed by atoms with Crippen molar-refractivity contribution in [3.05, 3.63) is 48.0 Å². The van der Waals surface area contributed by atoms with Crippen molar-refractivity contribution in [2.24, 2.45) is 5.73 Å². The van der Waals surface area contributed by atoms with E-state index in [-0.39, 0.29) is 12.5 Å². The van der Waals surface area contributed by atoms with Crippen LogP contribution in [-0.4, -0.2) is 42.3 Å². The van der Waals surface area contributed by atoms with E-state index < -0.39 is 5.91 Å². The van der Waals surface area contributed by atoms with Crippen LogP contribution >= 0.6 is 0 Å². The molecule has 0 unspecified atom stereocenters. The normalized spacial score (nSPS) is 11.0. The number of para-hydroxylation sites is 1. The predicted octanol–water partition coefficient (Wildman–Crippen LogP) is 2.09. The summed E-state index contributed by atoms with van der Waals surface area (Å²) in [6, 6.07) is 12.2. The fraction of sp³-hybridized carbons (Fsp3) is 0.167. The molecule has 0 aliphatic heterocycles. The van der Waals surface area contributed by atoms with Gasteiger partial charge in [-0.25, -0.2) is 4.98 Å². The molecule has 0 bridgehead atoms. The van der Waals surface area contributed by atoms with E-state index >= 15 is 0 Å². The minimum Gasteiger partial charge on any atom is -0.436 e. The van der Waals surface area contributed by atoms with Crippen LogP contribution in [0.5, 0.6) is 0 Å². The number of benzene rings is 2. The molecule has 2 aromatic carbocycles. The SMILES string of the molecule is CN(C)CC(=O)Nc1cccc(-c2nc3c(C(N)=O)cccc3o2)c1. The molecular weight excluding hydrogens is 320 g/mol. The van der Waals surface area contributed by atoms with Gasteiger partial charge in [-0.3, -0.25) is 9.59 Å². The first-order chi connectivity index (χ1) is 11.9. The minimum atomic E-state index is -0.560. The number of nitrogens with zero attached hydrogens (tertiary/aromatic N) is 2. The first-order valence-electron chi connectivity index (χ1n) is 7.68. The average Bonchev–Trinajstić information content (AvgIpc) is 2.98. The second-order valence-corrected chi connectivity index (χ2v) is 5.90. The van der Waals surface area contributed by atoms with Crippen LogP contribution in [0.15, 0.2) is 46.9 Å². The van der Waals surface area contributed by atoms with E-state index in [1.165, 1.54) is 0 Å². The molecule has 3 rings (SSSR count). The lowest BCUT2D eigenvalue weighted by Crippen LogP contribution is -2.27. The van der Waals surface area contributed by atoms with Crippen molar-refractivity contribution in [1.82, 2.24) is 9.88 Å². The Labute approximate surface area is 144 Å². The summed E-state index contributed by atoms with van der Waals surface area (Å²) < 4.78 is 5.73. The minimum absolute atomic E-state index is 0.115. The molecule has 1 aromatic heterocycles. The van der Waals surface area contributed by atoms with Crippen LogP contribution in [0, 0.1) is 0 Å². The van der Waals surface area contributed by atoms with Crippen LogP contribution in [0.1, 0.15) is 10.4 Å². The van der Waals surface area contributed by atoms with E-state index in [0.717, 1.165) is 0 Å². The molecule has 0 atom stereocenters. The highest BCUT2D eigenvalue weighted by atomic mass is 16.3. The number of nitrogens with one attached hydrogen (secondary N) is 1. The molecule has 0 aliphatic carbocycles. The number of anilines is 1. The number of aromatic nitrogens is 1. The van der Waals surface area contributed by atoms with Gasteiger partial charge < -0.3 is 20.4 Å². The third kappa shape index (κ3) is 3.67. The molecule has 0 fully saturated rings. The van der Waals surface area contributed by atoms with Gasteiger partial charge in [0.2, 0.25) is 11.8 Å². The van der Waals surface area contributed by atoms with Gasteiger partial charge in [0.25, 0.3) is 5.91 Å². The van der Waals surface area contributed by atoms with Crippen LogP contribution in [0.25, 0.3) is 22.6 Å². The highest BCUT2D eigenvalue weighted by Crippen LogP contribution is 2.27. The van der Waals surface area contributed by atoms with Gasteiger partial charge in [0.1, 0.15) is 5.52 Å². The molecule has 0 saturated heterocycles. The molecule has 0 aliphatic rings. The number of carbonyl (C=O) groups is 2. The highest BCUT2D eigenvalue weighted by Gasteiger charge is 2.14. The van der Waals surface area contributed by atoms with Crippen LogP contribution in [0.2, 0.25) is 0 Å². The topological polar surface area (TPSA) is 101 Å². The van der Waals surface area contributed by atoms with E-state index in [4.69, 9.17) is 10.2 Å². The largest absolute Gasteiger partial charge is 0.436 e. The van der Waals surface area contributed by atoms with Gasteiger partial charge >= 0.3 is 0 Å². The number of hydrogen-bond donors (Lipinski definition) is 2. The zero-order valence-corrected chi connectivity index (χ0v) is 13.9. The molecular formula is C18H18N4O3. The van der Waals surface area contributed by atoms with Gasteiger partial charge in [-0.15, -0.1) is 0 Å². The van der Waals surface area contributed by atoms with E-state index in [2.05, 4.69) is 10.3 Å². The monoisotopic (exact) mass is 338 g/mol. The summed E-state index contributed by atoms with van der Waals surface area (Å²) in [7, 11) is 3.65. The quantitative estimate of drug-likeness (QED) is 0.742. The van der Waals surface area contributed by atoms with Crippen molar-refractivity contribution >= 4 is 28.6 Å². The molecule has 128 valence electrons. The first-order valence-corrected chi connectivity index (χ1v) is 7.68. The van der Waals surface area contributed by atoms with Gasteiger partial charge in [0.15, 0.2) is 5.58 Å². The average molecular weight is 338 g/mol. The van der Waals surface area contributed by atoms with Crippen molar-refractivity contribution in [2.45, 2.75) is 0 Å². The number of likely N-dealkylation sites (N-methyl/N-ethyl adjacent to an activating group) is 1. The zero-order chi connectivity index (χ0) is 18.0. The van der Waals surface area contributed by atoms with Crippen molar-refractivity contribution in [3.8, 4) is 11.5 Å². The summed E-state index contributed by atoms with van der Waals surface area (Å²) in [5.41, 5.74) is 7.92. The Hall–Kier alpha value is -3.19. The van der Waals surface area contributed by atoms with Gasteiger partial charge in [-0.05, 0) is 44.4 Å². The number of amides is 2. The Kier molecular flexibility index (Phi) is 4.49. The number of primary amides is 1. The van der Waals surface area contributed by atoms with Gasteiger partial charge in [-0.2, -0.15) is 0 Å². The zero-order valence-electron chi connectivity index (χ0n) is 13.9. The standard InChI is InChI=1S/C18H18N4O3/c1-22(2)10-15(23)20-12-6-3-5-11(9-12)18-21-16-13(17(19)24)7-4-8-14(16)25-18/h3-9H,10H2,1-2H3,(H2,19,24)(H,20,23). The van der Waals surface area contributed by atoms with Crippen LogP contribution in [-0.2, 0) is 4.79 Å². The maximum Gasteiger partial charge on any atom is 0.251 e. The molecule has 7 heteroatoms. The molecule has 7 nitrogen and oxygen atoms in total. The molecule has 0 spiro atoms. The number of carbonyl (C=O) groups excluding carboxylic acids is 2. The molecule has 3 N–H and O–H groups in total.